The van der Waals surface area contributed by atoms with E-state index in [0.29, 0.717) is 37.1 Å². The number of Topliss-reactive ketones (excluding diaryl/α,β-unsaturated/α-hetero) is 1. The first-order valence-corrected chi connectivity index (χ1v) is 12.5. The minimum absolute atomic E-state index is 0.0475. The number of hydrogen-bond donors (Lipinski definition) is 2. The number of nitro groups is 1. The number of carbonyl (C=O) groups is 3. The number of nitrogens with one attached hydrogen (secondary N) is 2. The Hall–Kier alpha value is -4.21. The van der Waals surface area contributed by atoms with Gasteiger partial charge in [0.05, 0.1) is 17.5 Å². The molecule has 2 N–H and O–H groups in total. The third-order valence-electron chi connectivity index (χ3n) is 7.29. The van der Waals surface area contributed by atoms with Crippen LogP contribution in [-0.4, -0.2) is 47.2 Å². The summed E-state index contributed by atoms with van der Waals surface area (Å²) in [6, 6.07) is 14.5. The first kappa shape index (κ1) is 24.5. The Labute approximate surface area is 213 Å². The predicted octanol–water partition coefficient (Wildman–Crippen LogP) is 3.74. The number of piperidine rings is 1. The standard InChI is InChI=1S/C27H28N4O6/c32-22-17-30(20-9-3-4-10-21(20)31(35)36)15-12-19(22)28-26(34)27(13-6-1-7-14-27)29-25(33)24-16-18-8-2-5-11-23(18)37-24/h2-5,8-11,16,19H,1,6-7,12-15,17H2,(H,28,34)(H,29,33). The van der Waals surface area contributed by atoms with Gasteiger partial charge in [0.2, 0.25) is 5.91 Å². The summed E-state index contributed by atoms with van der Waals surface area (Å²) in [5.74, 6) is -0.944. The summed E-state index contributed by atoms with van der Waals surface area (Å²) < 4.78 is 5.69. The topological polar surface area (TPSA) is 135 Å². The second-order valence-electron chi connectivity index (χ2n) is 9.69. The molecule has 10 nitrogen and oxygen atoms in total. The number of rotatable bonds is 6. The highest BCUT2D eigenvalue weighted by molar-refractivity contribution is 6.01. The molecule has 192 valence electrons. The van der Waals surface area contributed by atoms with Crippen LogP contribution in [0.3, 0.4) is 0 Å². The van der Waals surface area contributed by atoms with Crippen LogP contribution in [0.5, 0.6) is 0 Å². The molecule has 2 heterocycles. The van der Waals surface area contributed by atoms with Crippen molar-refractivity contribution in [2.75, 3.05) is 18.0 Å². The Morgan fingerprint density at radius 3 is 2.51 bits per heavy atom. The quantitative estimate of drug-likeness (QED) is 0.386. The number of amides is 2. The minimum Gasteiger partial charge on any atom is -0.451 e. The van der Waals surface area contributed by atoms with Crippen LogP contribution < -0.4 is 15.5 Å². The van der Waals surface area contributed by atoms with Crippen LogP contribution in [0.2, 0.25) is 0 Å². The van der Waals surface area contributed by atoms with E-state index in [2.05, 4.69) is 10.6 Å². The molecule has 2 amide bonds. The molecule has 5 rings (SSSR count). The van der Waals surface area contributed by atoms with Crippen molar-refractivity contribution in [1.82, 2.24) is 10.6 Å². The summed E-state index contributed by atoms with van der Waals surface area (Å²) in [5, 5.41) is 18.0. The lowest BCUT2D eigenvalue weighted by atomic mass is 9.80. The lowest BCUT2D eigenvalue weighted by Gasteiger charge is -2.39. The maximum atomic E-state index is 13.6. The Kier molecular flexibility index (Phi) is 6.64. The molecule has 1 aliphatic carbocycles. The lowest BCUT2D eigenvalue weighted by Crippen LogP contribution is -2.63. The number of hydrogen-bond acceptors (Lipinski definition) is 7. The van der Waals surface area contributed by atoms with E-state index in [1.165, 1.54) is 6.07 Å². The summed E-state index contributed by atoms with van der Waals surface area (Å²) >= 11 is 0. The van der Waals surface area contributed by atoms with Crippen LogP contribution in [0, 0.1) is 10.1 Å². The van der Waals surface area contributed by atoms with Crippen LogP contribution in [0.1, 0.15) is 49.1 Å². The first-order chi connectivity index (χ1) is 17.9. The second kappa shape index (κ2) is 10.0. The maximum absolute atomic E-state index is 13.6. The molecule has 1 saturated heterocycles. The predicted molar refractivity (Wildman–Crippen MR) is 136 cm³/mol. The number of anilines is 1. The Morgan fingerprint density at radius 1 is 1.05 bits per heavy atom. The van der Waals surface area contributed by atoms with Crippen molar-refractivity contribution in [2.24, 2.45) is 0 Å². The van der Waals surface area contributed by atoms with Gasteiger partial charge in [-0.2, -0.15) is 0 Å². The van der Waals surface area contributed by atoms with Gasteiger partial charge in [-0.1, -0.05) is 49.6 Å². The molecule has 10 heteroatoms. The van der Waals surface area contributed by atoms with E-state index < -0.39 is 22.4 Å². The lowest BCUT2D eigenvalue weighted by molar-refractivity contribution is -0.384. The number of nitrogens with zero attached hydrogens (tertiary/aromatic N) is 2. The van der Waals surface area contributed by atoms with Gasteiger partial charge >= 0.3 is 0 Å². The van der Waals surface area contributed by atoms with Crippen molar-refractivity contribution in [3.8, 4) is 0 Å². The Morgan fingerprint density at radius 2 is 1.78 bits per heavy atom. The number of ketones is 1. The highest BCUT2D eigenvalue weighted by atomic mass is 16.6. The van der Waals surface area contributed by atoms with Crippen molar-refractivity contribution in [1.29, 1.82) is 0 Å². The fraction of sp³-hybridized carbons (Fsp3) is 0.370. The number of furan rings is 1. The van der Waals surface area contributed by atoms with E-state index in [9.17, 15) is 24.5 Å². The van der Waals surface area contributed by atoms with Gasteiger partial charge in [0.15, 0.2) is 11.5 Å². The van der Waals surface area contributed by atoms with Crippen LogP contribution in [0.4, 0.5) is 11.4 Å². The van der Waals surface area contributed by atoms with Gasteiger partial charge in [-0.05, 0) is 37.5 Å². The number of para-hydroxylation sites is 3. The first-order valence-electron chi connectivity index (χ1n) is 12.5. The van der Waals surface area contributed by atoms with E-state index in [1.54, 1.807) is 35.2 Å². The van der Waals surface area contributed by atoms with Crippen molar-refractivity contribution in [3.05, 3.63) is 70.5 Å². The monoisotopic (exact) mass is 504 g/mol. The summed E-state index contributed by atoms with van der Waals surface area (Å²) in [7, 11) is 0. The molecule has 1 saturated carbocycles. The van der Waals surface area contributed by atoms with E-state index >= 15 is 0 Å². The average molecular weight is 505 g/mol. The molecular formula is C27H28N4O6. The summed E-state index contributed by atoms with van der Waals surface area (Å²) in [5.41, 5.74) is -0.227. The zero-order valence-electron chi connectivity index (χ0n) is 20.3. The van der Waals surface area contributed by atoms with Crippen molar-refractivity contribution in [2.45, 2.75) is 50.1 Å². The zero-order valence-corrected chi connectivity index (χ0v) is 20.3. The van der Waals surface area contributed by atoms with Crippen molar-refractivity contribution in [3.63, 3.8) is 0 Å². The molecule has 1 aliphatic heterocycles. The number of nitro benzene ring substituents is 1. The third kappa shape index (κ3) is 4.91. The molecule has 0 radical (unpaired) electrons. The van der Waals surface area contributed by atoms with E-state index in [4.69, 9.17) is 4.42 Å². The largest absolute Gasteiger partial charge is 0.451 e. The van der Waals surface area contributed by atoms with Gasteiger partial charge in [-0.25, -0.2) is 0 Å². The van der Waals surface area contributed by atoms with Crippen molar-refractivity contribution >= 4 is 39.9 Å². The van der Waals surface area contributed by atoms with Gasteiger partial charge in [0.1, 0.15) is 16.8 Å². The molecule has 1 aromatic heterocycles. The van der Waals surface area contributed by atoms with E-state index in [0.717, 1.165) is 24.6 Å². The molecular weight excluding hydrogens is 476 g/mol. The van der Waals surface area contributed by atoms with Gasteiger partial charge in [0, 0.05) is 18.0 Å². The molecule has 37 heavy (non-hydrogen) atoms. The van der Waals surface area contributed by atoms with Crippen LogP contribution in [0.15, 0.2) is 59.0 Å². The third-order valence-corrected chi connectivity index (χ3v) is 7.29. The van der Waals surface area contributed by atoms with Crippen LogP contribution in [0.25, 0.3) is 11.0 Å². The average Bonchev–Trinajstić information content (AvgIpc) is 3.35. The number of fused-ring (bicyclic) bond motifs is 1. The molecule has 2 aromatic carbocycles. The molecule has 0 spiro atoms. The zero-order chi connectivity index (χ0) is 26.0. The van der Waals surface area contributed by atoms with Crippen LogP contribution in [-0.2, 0) is 9.59 Å². The summed E-state index contributed by atoms with van der Waals surface area (Å²) in [6.07, 6.45) is 3.75. The van der Waals surface area contributed by atoms with Crippen LogP contribution >= 0.6 is 0 Å². The van der Waals surface area contributed by atoms with Gasteiger partial charge < -0.3 is 20.0 Å². The fourth-order valence-electron chi connectivity index (χ4n) is 5.30. The van der Waals surface area contributed by atoms with Gasteiger partial charge in [-0.3, -0.25) is 24.5 Å². The fourth-order valence-corrected chi connectivity index (χ4v) is 5.30. The maximum Gasteiger partial charge on any atom is 0.292 e. The SMILES string of the molecule is O=C(NC1(C(=O)NC2CCN(c3ccccc3[N+](=O)[O-])CC2=O)CCCCC1)c1cc2ccccc2o1. The molecule has 2 aliphatic rings. The summed E-state index contributed by atoms with van der Waals surface area (Å²) in [4.78, 5) is 52.3. The molecule has 2 fully saturated rings. The molecule has 1 atom stereocenters. The normalized spacial score (nSPS) is 19.4. The highest BCUT2D eigenvalue weighted by Gasteiger charge is 2.43. The Bertz CT molecular complexity index is 1330. The molecule has 1 unspecified atom stereocenters. The minimum atomic E-state index is -1.13. The molecule has 3 aromatic rings. The van der Waals surface area contributed by atoms with E-state index in [1.807, 2.05) is 18.2 Å². The summed E-state index contributed by atoms with van der Waals surface area (Å²) in [6.45, 7) is 0.327. The highest BCUT2D eigenvalue weighted by Crippen LogP contribution is 2.32. The molecule has 0 bridgehead atoms. The smallest absolute Gasteiger partial charge is 0.292 e. The van der Waals surface area contributed by atoms with Gasteiger partial charge in [-0.15, -0.1) is 0 Å². The van der Waals surface area contributed by atoms with Crippen molar-refractivity contribution < 1.29 is 23.7 Å². The van der Waals surface area contributed by atoms with E-state index in [-0.39, 0.29) is 29.7 Å². The second-order valence-corrected chi connectivity index (χ2v) is 9.69. The number of carbonyl (C=O) groups excluding carboxylic acids is 3. The van der Waals surface area contributed by atoms with Gasteiger partial charge in [0.25, 0.3) is 11.6 Å². The number of benzene rings is 2. The Balaban J connectivity index is 1.29.